The summed E-state index contributed by atoms with van der Waals surface area (Å²) in [7, 11) is 2.09. The minimum atomic E-state index is 0.249. The summed E-state index contributed by atoms with van der Waals surface area (Å²) in [6.45, 7) is 6.23. The molecule has 0 aromatic carbocycles. The molecule has 1 rings (SSSR count). The standard InChI is InChI=1S/C12H21N3/c1-12(2,6-7-13)10-15(3)11-5-4-8-14-9-11/h4-5,8-9H,6-7,10,13H2,1-3H3. The quantitative estimate of drug-likeness (QED) is 0.801. The topological polar surface area (TPSA) is 42.1 Å². The van der Waals surface area contributed by atoms with Crippen LogP contribution in [0.5, 0.6) is 0 Å². The predicted octanol–water partition coefficient (Wildman–Crippen LogP) is 1.89. The lowest BCUT2D eigenvalue weighted by atomic mass is 9.89. The molecule has 84 valence electrons. The maximum atomic E-state index is 5.60. The molecule has 0 saturated carbocycles. The molecule has 1 aromatic heterocycles. The third-order valence-electron chi connectivity index (χ3n) is 2.57. The Labute approximate surface area is 92.3 Å². The van der Waals surface area contributed by atoms with Crippen molar-refractivity contribution in [3.8, 4) is 0 Å². The second-order valence-electron chi connectivity index (χ2n) is 4.77. The molecule has 0 unspecified atom stereocenters. The molecule has 0 atom stereocenters. The van der Waals surface area contributed by atoms with Gasteiger partial charge in [-0.3, -0.25) is 4.98 Å². The predicted molar refractivity (Wildman–Crippen MR) is 65.0 cm³/mol. The van der Waals surface area contributed by atoms with Crippen molar-refractivity contribution in [2.45, 2.75) is 20.3 Å². The van der Waals surface area contributed by atoms with Gasteiger partial charge in [0.1, 0.15) is 0 Å². The number of hydrogen-bond acceptors (Lipinski definition) is 3. The number of anilines is 1. The molecule has 1 heterocycles. The van der Waals surface area contributed by atoms with Crippen molar-refractivity contribution in [3.63, 3.8) is 0 Å². The van der Waals surface area contributed by atoms with Crippen LogP contribution in [0.25, 0.3) is 0 Å². The SMILES string of the molecule is CN(CC(C)(C)CCN)c1cccnc1. The Kier molecular flexibility index (Phi) is 4.09. The first kappa shape index (κ1) is 12.0. The molecule has 0 aliphatic rings. The van der Waals surface area contributed by atoms with Crippen LogP contribution in [0.3, 0.4) is 0 Å². The molecular formula is C12H21N3. The van der Waals surface area contributed by atoms with E-state index in [9.17, 15) is 0 Å². The Hall–Kier alpha value is -1.09. The summed E-state index contributed by atoms with van der Waals surface area (Å²) in [6, 6.07) is 4.04. The van der Waals surface area contributed by atoms with Gasteiger partial charge in [-0.2, -0.15) is 0 Å². The minimum Gasteiger partial charge on any atom is -0.373 e. The van der Waals surface area contributed by atoms with E-state index in [-0.39, 0.29) is 5.41 Å². The zero-order chi connectivity index (χ0) is 11.3. The monoisotopic (exact) mass is 207 g/mol. The van der Waals surface area contributed by atoms with Gasteiger partial charge in [0.2, 0.25) is 0 Å². The molecular weight excluding hydrogens is 186 g/mol. The van der Waals surface area contributed by atoms with Crippen LogP contribution in [-0.4, -0.2) is 25.1 Å². The molecule has 0 spiro atoms. The fourth-order valence-electron chi connectivity index (χ4n) is 1.78. The first-order valence-corrected chi connectivity index (χ1v) is 5.36. The van der Waals surface area contributed by atoms with Crippen molar-refractivity contribution in [2.75, 3.05) is 25.0 Å². The molecule has 15 heavy (non-hydrogen) atoms. The fourth-order valence-corrected chi connectivity index (χ4v) is 1.78. The maximum Gasteiger partial charge on any atom is 0.0550 e. The number of rotatable bonds is 5. The molecule has 0 aliphatic carbocycles. The van der Waals surface area contributed by atoms with Crippen molar-refractivity contribution in [2.24, 2.45) is 11.1 Å². The van der Waals surface area contributed by atoms with Gasteiger partial charge in [0.15, 0.2) is 0 Å². The maximum absolute atomic E-state index is 5.60. The first-order valence-electron chi connectivity index (χ1n) is 5.36. The smallest absolute Gasteiger partial charge is 0.0550 e. The van der Waals surface area contributed by atoms with Crippen LogP contribution >= 0.6 is 0 Å². The molecule has 3 nitrogen and oxygen atoms in total. The lowest BCUT2D eigenvalue weighted by Crippen LogP contribution is -2.32. The first-order chi connectivity index (χ1) is 7.05. The molecule has 0 aliphatic heterocycles. The summed E-state index contributed by atoms with van der Waals surface area (Å²) in [6.07, 6.45) is 4.72. The lowest BCUT2D eigenvalue weighted by Gasteiger charge is -2.31. The van der Waals surface area contributed by atoms with Crippen molar-refractivity contribution in [3.05, 3.63) is 24.5 Å². The molecule has 2 N–H and O–H groups in total. The van der Waals surface area contributed by atoms with E-state index < -0.39 is 0 Å². The van der Waals surface area contributed by atoms with Gasteiger partial charge in [0, 0.05) is 19.8 Å². The van der Waals surface area contributed by atoms with Crippen molar-refractivity contribution in [1.82, 2.24) is 4.98 Å². The highest BCUT2D eigenvalue weighted by Gasteiger charge is 2.19. The van der Waals surface area contributed by atoms with Gasteiger partial charge in [-0.25, -0.2) is 0 Å². The average molecular weight is 207 g/mol. The summed E-state index contributed by atoms with van der Waals surface area (Å²) >= 11 is 0. The van der Waals surface area contributed by atoms with Crippen LogP contribution in [0.4, 0.5) is 5.69 Å². The Morgan fingerprint density at radius 1 is 1.47 bits per heavy atom. The van der Waals surface area contributed by atoms with Crippen LogP contribution in [0.15, 0.2) is 24.5 Å². The van der Waals surface area contributed by atoms with Crippen LogP contribution in [0.1, 0.15) is 20.3 Å². The third kappa shape index (κ3) is 3.88. The van der Waals surface area contributed by atoms with E-state index in [0.29, 0.717) is 0 Å². The summed E-state index contributed by atoms with van der Waals surface area (Å²) in [5, 5.41) is 0. The minimum absolute atomic E-state index is 0.249. The van der Waals surface area contributed by atoms with E-state index in [0.717, 1.165) is 25.2 Å². The summed E-state index contributed by atoms with van der Waals surface area (Å²) in [4.78, 5) is 6.34. The molecule has 0 radical (unpaired) electrons. The van der Waals surface area contributed by atoms with E-state index in [2.05, 4.69) is 36.8 Å². The van der Waals surface area contributed by atoms with E-state index >= 15 is 0 Å². The molecule has 1 aromatic rings. The normalized spacial score (nSPS) is 11.5. The number of nitrogens with zero attached hydrogens (tertiary/aromatic N) is 2. The number of nitrogens with two attached hydrogens (primary N) is 1. The van der Waals surface area contributed by atoms with Gasteiger partial charge in [0.25, 0.3) is 0 Å². The van der Waals surface area contributed by atoms with E-state index in [1.165, 1.54) is 0 Å². The molecule has 0 amide bonds. The zero-order valence-corrected chi connectivity index (χ0v) is 9.90. The Morgan fingerprint density at radius 2 is 2.20 bits per heavy atom. The summed E-state index contributed by atoms with van der Waals surface area (Å²) < 4.78 is 0. The zero-order valence-electron chi connectivity index (χ0n) is 9.90. The number of pyridine rings is 1. The number of aromatic nitrogens is 1. The van der Waals surface area contributed by atoms with Crippen molar-refractivity contribution < 1.29 is 0 Å². The van der Waals surface area contributed by atoms with Gasteiger partial charge < -0.3 is 10.6 Å². The van der Waals surface area contributed by atoms with E-state index in [1.54, 1.807) is 6.20 Å². The van der Waals surface area contributed by atoms with Crippen LogP contribution < -0.4 is 10.6 Å². The summed E-state index contributed by atoms with van der Waals surface area (Å²) in [5.41, 5.74) is 7.00. The fraction of sp³-hybridized carbons (Fsp3) is 0.583. The highest BCUT2D eigenvalue weighted by atomic mass is 15.1. The highest BCUT2D eigenvalue weighted by Crippen LogP contribution is 2.23. The van der Waals surface area contributed by atoms with Crippen LogP contribution in [0.2, 0.25) is 0 Å². The average Bonchev–Trinajstić information content (AvgIpc) is 2.18. The lowest BCUT2D eigenvalue weighted by molar-refractivity contribution is 0.347. The van der Waals surface area contributed by atoms with Gasteiger partial charge in [-0.15, -0.1) is 0 Å². The Balaban J connectivity index is 2.59. The van der Waals surface area contributed by atoms with Gasteiger partial charge in [-0.1, -0.05) is 13.8 Å². The third-order valence-corrected chi connectivity index (χ3v) is 2.57. The highest BCUT2D eigenvalue weighted by molar-refractivity contribution is 5.42. The van der Waals surface area contributed by atoms with Crippen LogP contribution in [0, 0.1) is 5.41 Å². The second kappa shape index (κ2) is 5.12. The molecule has 3 heteroatoms. The Bertz CT molecular complexity index is 282. The molecule has 0 bridgehead atoms. The van der Waals surface area contributed by atoms with Gasteiger partial charge >= 0.3 is 0 Å². The van der Waals surface area contributed by atoms with Gasteiger partial charge in [0.05, 0.1) is 11.9 Å². The van der Waals surface area contributed by atoms with E-state index in [1.807, 2.05) is 12.3 Å². The second-order valence-corrected chi connectivity index (χ2v) is 4.77. The van der Waals surface area contributed by atoms with Crippen molar-refractivity contribution >= 4 is 5.69 Å². The number of hydrogen-bond donors (Lipinski definition) is 1. The van der Waals surface area contributed by atoms with Crippen LogP contribution in [-0.2, 0) is 0 Å². The largest absolute Gasteiger partial charge is 0.373 e. The Morgan fingerprint density at radius 3 is 2.73 bits per heavy atom. The van der Waals surface area contributed by atoms with Gasteiger partial charge in [-0.05, 0) is 30.5 Å². The van der Waals surface area contributed by atoms with E-state index in [4.69, 9.17) is 5.73 Å². The molecule has 0 fully saturated rings. The molecule has 0 saturated heterocycles. The van der Waals surface area contributed by atoms with Crippen molar-refractivity contribution in [1.29, 1.82) is 0 Å². The summed E-state index contributed by atoms with van der Waals surface area (Å²) in [5.74, 6) is 0.